The van der Waals surface area contributed by atoms with Crippen LogP contribution in [0.5, 0.6) is 0 Å². The zero-order valence-corrected chi connectivity index (χ0v) is 20.0. The van der Waals surface area contributed by atoms with Crippen LogP contribution in [0.4, 0.5) is 11.4 Å². The van der Waals surface area contributed by atoms with Crippen molar-refractivity contribution in [3.05, 3.63) is 100 Å². The first-order chi connectivity index (χ1) is 16.8. The predicted molar refractivity (Wildman–Crippen MR) is 134 cm³/mol. The van der Waals surface area contributed by atoms with Crippen LogP contribution < -0.4 is 5.32 Å². The molecule has 1 aliphatic rings. The van der Waals surface area contributed by atoms with Gasteiger partial charge < -0.3 is 5.32 Å². The lowest BCUT2D eigenvalue weighted by Crippen LogP contribution is -2.38. The fourth-order valence-corrected chi connectivity index (χ4v) is 5.72. The minimum absolute atomic E-state index is 0.0150. The molecule has 0 amide bonds. The molecule has 0 radical (unpaired) electrons. The molecule has 0 bridgehead atoms. The van der Waals surface area contributed by atoms with E-state index in [9.17, 15) is 23.3 Å². The molecule has 1 saturated heterocycles. The van der Waals surface area contributed by atoms with Crippen molar-refractivity contribution < 1.29 is 18.1 Å². The van der Waals surface area contributed by atoms with Crippen LogP contribution in [0.3, 0.4) is 0 Å². The van der Waals surface area contributed by atoms with Crippen molar-refractivity contribution in [1.82, 2.24) is 4.31 Å². The summed E-state index contributed by atoms with van der Waals surface area (Å²) in [6.07, 6.45) is 2.63. The topological polar surface area (TPSA) is 110 Å². The second-order valence-corrected chi connectivity index (χ2v) is 10.6. The van der Waals surface area contributed by atoms with E-state index in [0.717, 1.165) is 19.3 Å². The Bertz CT molecular complexity index is 1270. The molecule has 0 spiro atoms. The number of ketones is 1. The third-order valence-electron chi connectivity index (χ3n) is 6.29. The minimum atomic E-state index is -3.58. The SMILES string of the molecule is O=C(CNc1ccc(S(=O)(=O)N2CCC(Cc3ccccc3)CC2)cc1)c1ccc([N+](=O)[O-])cc1. The number of rotatable bonds is 9. The van der Waals surface area contributed by atoms with Gasteiger partial charge in [-0.2, -0.15) is 4.31 Å². The number of Topliss-reactive ketones (excluding diaryl/α,β-unsaturated/α-hetero) is 1. The van der Waals surface area contributed by atoms with Gasteiger partial charge >= 0.3 is 0 Å². The molecule has 1 fully saturated rings. The lowest BCUT2D eigenvalue weighted by atomic mass is 9.91. The number of nitrogens with zero attached hydrogens (tertiary/aromatic N) is 2. The Morgan fingerprint density at radius 1 is 0.943 bits per heavy atom. The molecule has 0 aliphatic carbocycles. The number of benzene rings is 3. The highest BCUT2D eigenvalue weighted by Gasteiger charge is 2.29. The standard InChI is InChI=1S/C26H27N3O5S/c30-26(22-6-10-24(11-7-22)29(31)32)19-27-23-8-12-25(13-9-23)35(33,34)28-16-14-21(15-17-28)18-20-4-2-1-3-5-20/h1-13,21,27H,14-19H2. The van der Waals surface area contributed by atoms with Gasteiger partial charge in [0.15, 0.2) is 5.78 Å². The van der Waals surface area contributed by atoms with Crippen LogP contribution in [0.1, 0.15) is 28.8 Å². The Hall–Kier alpha value is -3.56. The maximum Gasteiger partial charge on any atom is 0.269 e. The summed E-state index contributed by atoms with van der Waals surface area (Å²) in [6, 6.07) is 22.0. The first-order valence-electron chi connectivity index (χ1n) is 11.5. The number of carbonyl (C=O) groups excluding carboxylic acids is 1. The monoisotopic (exact) mass is 493 g/mol. The number of sulfonamides is 1. The fraction of sp³-hybridized carbons (Fsp3) is 0.269. The number of piperidine rings is 1. The summed E-state index contributed by atoms with van der Waals surface area (Å²) in [7, 11) is -3.58. The Morgan fingerprint density at radius 2 is 1.57 bits per heavy atom. The smallest absolute Gasteiger partial charge is 0.269 e. The lowest BCUT2D eigenvalue weighted by Gasteiger charge is -2.31. The van der Waals surface area contributed by atoms with Crippen LogP contribution >= 0.6 is 0 Å². The van der Waals surface area contributed by atoms with Crippen molar-refractivity contribution in [2.75, 3.05) is 25.0 Å². The number of anilines is 1. The molecule has 0 aromatic heterocycles. The van der Waals surface area contributed by atoms with E-state index in [1.54, 1.807) is 28.6 Å². The maximum absolute atomic E-state index is 13.1. The molecule has 0 atom stereocenters. The highest BCUT2D eigenvalue weighted by atomic mass is 32.2. The largest absolute Gasteiger partial charge is 0.378 e. The molecule has 35 heavy (non-hydrogen) atoms. The molecule has 3 aromatic rings. The molecular formula is C26H27N3O5S. The normalized spacial score (nSPS) is 15.0. The van der Waals surface area contributed by atoms with Crippen molar-refractivity contribution in [2.24, 2.45) is 5.92 Å². The predicted octanol–water partition coefficient (Wildman–Crippen LogP) is 4.53. The van der Waals surface area contributed by atoms with E-state index >= 15 is 0 Å². The van der Waals surface area contributed by atoms with E-state index < -0.39 is 14.9 Å². The molecule has 3 aromatic carbocycles. The maximum atomic E-state index is 13.1. The number of non-ortho nitro benzene ring substituents is 1. The number of nitrogens with one attached hydrogen (secondary N) is 1. The molecule has 9 heteroatoms. The highest BCUT2D eigenvalue weighted by Crippen LogP contribution is 2.27. The van der Waals surface area contributed by atoms with Crippen LogP contribution in [0.25, 0.3) is 0 Å². The summed E-state index contributed by atoms with van der Waals surface area (Å²) in [4.78, 5) is 22.8. The number of hydrogen-bond donors (Lipinski definition) is 1. The van der Waals surface area contributed by atoms with Crippen molar-refractivity contribution in [2.45, 2.75) is 24.2 Å². The van der Waals surface area contributed by atoms with E-state index in [4.69, 9.17) is 0 Å². The van der Waals surface area contributed by atoms with Gasteiger partial charge in [0.1, 0.15) is 0 Å². The van der Waals surface area contributed by atoms with Crippen LogP contribution in [-0.2, 0) is 16.4 Å². The zero-order chi connectivity index (χ0) is 24.8. The van der Waals surface area contributed by atoms with Gasteiger partial charge in [0.25, 0.3) is 5.69 Å². The minimum Gasteiger partial charge on any atom is -0.378 e. The molecule has 8 nitrogen and oxygen atoms in total. The molecule has 0 saturated carbocycles. The third kappa shape index (κ3) is 6.12. The Morgan fingerprint density at radius 3 is 2.17 bits per heavy atom. The van der Waals surface area contributed by atoms with Crippen molar-refractivity contribution in [3.8, 4) is 0 Å². The number of carbonyl (C=O) groups is 1. The summed E-state index contributed by atoms with van der Waals surface area (Å²) < 4.78 is 27.7. The Labute approximate surface area is 204 Å². The molecule has 182 valence electrons. The van der Waals surface area contributed by atoms with E-state index in [-0.39, 0.29) is 22.9 Å². The van der Waals surface area contributed by atoms with E-state index in [1.807, 2.05) is 18.2 Å². The summed E-state index contributed by atoms with van der Waals surface area (Å²) in [6.45, 7) is 0.992. The van der Waals surface area contributed by atoms with Gasteiger partial charge in [-0.05, 0) is 67.1 Å². The second-order valence-electron chi connectivity index (χ2n) is 8.64. The summed E-state index contributed by atoms with van der Waals surface area (Å²) in [5.41, 5.74) is 2.18. The zero-order valence-electron chi connectivity index (χ0n) is 19.2. The molecule has 1 aliphatic heterocycles. The van der Waals surface area contributed by atoms with Gasteiger partial charge in [-0.25, -0.2) is 8.42 Å². The average Bonchev–Trinajstić information content (AvgIpc) is 2.88. The second kappa shape index (κ2) is 10.8. The van der Waals surface area contributed by atoms with Gasteiger partial charge in [-0.1, -0.05) is 30.3 Å². The van der Waals surface area contributed by atoms with E-state index in [0.29, 0.717) is 30.3 Å². The van der Waals surface area contributed by atoms with Crippen LogP contribution in [0.15, 0.2) is 83.8 Å². The van der Waals surface area contributed by atoms with Gasteiger partial charge in [-0.3, -0.25) is 14.9 Å². The van der Waals surface area contributed by atoms with Crippen molar-refractivity contribution in [3.63, 3.8) is 0 Å². The molecule has 1 heterocycles. The fourth-order valence-electron chi connectivity index (χ4n) is 4.25. The number of hydrogen-bond acceptors (Lipinski definition) is 6. The van der Waals surface area contributed by atoms with Crippen LogP contribution in [-0.4, -0.2) is 43.1 Å². The highest BCUT2D eigenvalue weighted by molar-refractivity contribution is 7.89. The Balaban J connectivity index is 1.30. The molecular weight excluding hydrogens is 466 g/mol. The number of nitro benzene ring substituents is 1. The average molecular weight is 494 g/mol. The van der Waals surface area contributed by atoms with E-state index in [2.05, 4.69) is 17.4 Å². The summed E-state index contributed by atoms with van der Waals surface area (Å²) in [5, 5.41) is 13.7. The molecule has 0 unspecified atom stereocenters. The molecule has 1 N–H and O–H groups in total. The van der Waals surface area contributed by atoms with Crippen LogP contribution in [0.2, 0.25) is 0 Å². The van der Waals surface area contributed by atoms with Crippen LogP contribution in [0, 0.1) is 16.0 Å². The summed E-state index contributed by atoms with van der Waals surface area (Å²) in [5.74, 6) is 0.249. The van der Waals surface area contributed by atoms with Gasteiger partial charge in [0.05, 0.1) is 16.4 Å². The third-order valence-corrected chi connectivity index (χ3v) is 8.20. The summed E-state index contributed by atoms with van der Waals surface area (Å²) >= 11 is 0. The quantitative estimate of drug-likeness (QED) is 0.266. The first-order valence-corrected chi connectivity index (χ1v) is 12.9. The van der Waals surface area contributed by atoms with Gasteiger partial charge in [-0.15, -0.1) is 0 Å². The molecule has 4 rings (SSSR count). The van der Waals surface area contributed by atoms with Gasteiger partial charge in [0.2, 0.25) is 10.0 Å². The number of nitro groups is 1. The van der Waals surface area contributed by atoms with E-state index in [1.165, 1.54) is 29.8 Å². The van der Waals surface area contributed by atoms with Crippen molar-refractivity contribution >= 4 is 27.2 Å². The first kappa shape index (κ1) is 24.6. The lowest BCUT2D eigenvalue weighted by molar-refractivity contribution is -0.384. The van der Waals surface area contributed by atoms with Crippen molar-refractivity contribution in [1.29, 1.82) is 0 Å². The van der Waals surface area contributed by atoms with Gasteiger partial charge in [0, 0.05) is 36.5 Å². The Kier molecular flexibility index (Phi) is 7.57.